The molecule has 1 aliphatic heterocycles. The molecule has 1 aromatic heterocycles. The van der Waals surface area contributed by atoms with Crippen molar-refractivity contribution in [1.82, 2.24) is 4.98 Å². The number of carbonyl (C=O) groups is 4. The van der Waals surface area contributed by atoms with Gasteiger partial charge in [0.05, 0.1) is 40.2 Å². The number of para-hydroxylation sites is 1. The Morgan fingerprint density at radius 1 is 0.892 bits per heavy atom. The number of hydrogen-bond donors (Lipinski definition) is 0. The normalized spacial score (nSPS) is 13.4. The molecular formula is C29H22N2O6. The summed E-state index contributed by atoms with van der Waals surface area (Å²) in [5.74, 6) is -2.52. The lowest BCUT2D eigenvalue weighted by atomic mass is 10.0. The van der Waals surface area contributed by atoms with Gasteiger partial charge in [-0.15, -0.1) is 0 Å². The molecule has 3 aromatic carbocycles. The van der Waals surface area contributed by atoms with Gasteiger partial charge in [0.1, 0.15) is 0 Å². The van der Waals surface area contributed by atoms with Gasteiger partial charge < -0.3 is 9.47 Å². The highest BCUT2D eigenvalue weighted by atomic mass is 16.6. The number of fused-ring (bicyclic) bond motifs is 3. The fraction of sp³-hybridized carbons (Fsp3) is 0.138. The number of anilines is 1. The van der Waals surface area contributed by atoms with Gasteiger partial charge in [-0.1, -0.05) is 54.6 Å². The Morgan fingerprint density at radius 3 is 2.35 bits per heavy atom. The van der Waals surface area contributed by atoms with Crippen molar-refractivity contribution in [3.8, 4) is 0 Å². The van der Waals surface area contributed by atoms with Gasteiger partial charge in [-0.25, -0.2) is 14.5 Å². The lowest BCUT2D eigenvalue weighted by Crippen LogP contribution is -2.29. The molecule has 0 unspecified atom stereocenters. The van der Waals surface area contributed by atoms with E-state index < -0.39 is 29.9 Å². The second-order valence-electron chi connectivity index (χ2n) is 8.41. The maximum absolute atomic E-state index is 13.5. The van der Waals surface area contributed by atoms with Crippen molar-refractivity contribution in [2.24, 2.45) is 0 Å². The lowest BCUT2D eigenvalue weighted by molar-refractivity contribution is -0.153. The van der Waals surface area contributed by atoms with Crippen LogP contribution >= 0.6 is 0 Å². The molecule has 5 rings (SSSR count). The van der Waals surface area contributed by atoms with Crippen molar-refractivity contribution < 1.29 is 28.7 Å². The molecule has 0 radical (unpaired) electrons. The highest BCUT2D eigenvalue weighted by Crippen LogP contribution is 2.34. The van der Waals surface area contributed by atoms with E-state index in [2.05, 4.69) is 4.98 Å². The third-order valence-electron chi connectivity index (χ3n) is 6.08. The van der Waals surface area contributed by atoms with Crippen LogP contribution in [0, 0.1) is 6.92 Å². The molecule has 8 nitrogen and oxygen atoms in total. The third-order valence-corrected chi connectivity index (χ3v) is 6.08. The zero-order chi connectivity index (χ0) is 26.1. The van der Waals surface area contributed by atoms with Crippen molar-refractivity contribution in [1.29, 1.82) is 0 Å². The topological polar surface area (TPSA) is 103 Å². The van der Waals surface area contributed by atoms with Crippen LogP contribution in [0.15, 0.2) is 78.9 Å². The number of nitrogens with zero attached hydrogens (tertiary/aromatic N) is 2. The van der Waals surface area contributed by atoms with Gasteiger partial charge in [-0.3, -0.25) is 14.6 Å². The van der Waals surface area contributed by atoms with E-state index in [-0.39, 0.29) is 29.0 Å². The van der Waals surface area contributed by atoms with Crippen molar-refractivity contribution in [2.45, 2.75) is 20.0 Å². The Hall–Kier alpha value is -4.85. The van der Waals surface area contributed by atoms with E-state index in [4.69, 9.17) is 9.47 Å². The Morgan fingerprint density at radius 2 is 1.59 bits per heavy atom. The number of rotatable bonds is 6. The monoisotopic (exact) mass is 494 g/mol. The number of ether oxygens (including phenoxy) is 2. The summed E-state index contributed by atoms with van der Waals surface area (Å²) in [6.45, 7) is 3.47. The molecule has 0 saturated heterocycles. The molecule has 0 fully saturated rings. The van der Waals surface area contributed by atoms with Crippen LogP contribution in [-0.4, -0.2) is 35.3 Å². The van der Waals surface area contributed by atoms with Crippen molar-refractivity contribution in [2.75, 3.05) is 11.5 Å². The molecule has 1 atom stereocenters. The van der Waals surface area contributed by atoms with E-state index in [9.17, 15) is 19.2 Å². The van der Waals surface area contributed by atoms with Crippen LogP contribution in [0.25, 0.3) is 10.9 Å². The van der Waals surface area contributed by atoms with Crippen LogP contribution in [0.4, 0.5) is 5.69 Å². The van der Waals surface area contributed by atoms with E-state index in [1.54, 1.807) is 74.5 Å². The number of esters is 2. The van der Waals surface area contributed by atoms with E-state index >= 15 is 0 Å². The first-order chi connectivity index (χ1) is 17.9. The first-order valence-corrected chi connectivity index (χ1v) is 11.7. The predicted molar refractivity (Wildman–Crippen MR) is 135 cm³/mol. The Balaban J connectivity index is 1.48. The fourth-order valence-electron chi connectivity index (χ4n) is 4.41. The number of aryl methyl sites for hydroxylation is 1. The average molecular weight is 495 g/mol. The van der Waals surface area contributed by atoms with Crippen LogP contribution in [0.2, 0.25) is 0 Å². The second-order valence-corrected chi connectivity index (χ2v) is 8.41. The van der Waals surface area contributed by atoms with E-state index in [1.165, 1.54) is 12.1 Å². The molecule has 1 aliphatic rings. The summed E-state index contributed by atoms with van der Waals surface area (Å²) in [4.78, 5) is 58.0. The van der Waals surface area contributed by atoms with E-state index in [0.717, 1.165) is 4.90 Å². The van der Waals surface area contributed by atoms with E-state index in [0.29, 0.717) is 22.2 Å². The van der Waals surface area contributed by atoms with Crippen LogP contribution in [0.5, 0.6) is 0 Å². The molecule has 4 aromatic rings. The highest BCUT2D eigenvalue weighted by molar-refractivity contribution is 6.37. The number of hydrogen-bond acceptors (Lipinski definition) is 7. The van der Waals surface area contributed by atoms with Gasteiger partial charge in [0.2, 0.25) is 6.10 Å². The van der Waals surface area contributed by atoms with E-state index in [1.807, 2.05) is 6.07 Å². The molecule has 184 valence electrons. The minimum atomic E-state index is -1.27. The Bertz CT molecular complexity index is 1560. The van der Waals surface area contributed by atoms with Gasteiger partial charge in [0, 0.05) is 10.9 Å². The zero-order valence-electron chi connectivity index (χ0n) is 20.1. The summed E-state index contributed by atoms with van der Waals surface area (Å²) in [6.07, 6.45) is -1.27. The average Bonchev–Trinajstić information content (AvgIpc) is 3.18. The fourth-order valence-corrected chi connectivity index (χ4v) is 4.41. The zero-order valence-corrected chi connectivity index (χ0v) is 20.1. The summed E-state index contributed by atoms with van der Waals surface area (Å²) in [6, 6.07) is 21.6. The van der Waals surface area contributed by atoms with Crippen molar-refractivity contribution in [3.63, 3.8) is 0 Å². The molecule has 0 spiro atoms. The van der Waals surface area contributed by atoms with Crippen LogP contribution in [0.3, 0.4) is 0 Å². The molecule has 2 heterocycles. The SMILES string of the molecule is CCOC(=O)[C@H](OC(=O)c1cccc(N2C(=O)c3c(C)nc4ccccc4c3C2=O)c1)c1ccccc1. The first kappa shape index (κ1) is 23.9. The minimum absolute atomic E-state index is 0.0685. The molecule has 0 N–H and O–H groups in total. The number of imide groups is 1. The van der Waals surface area contributed by atoms with Crippen molar-refractivity contribution >= 4 is 40.3 Å². The van der Waals surface area contributed by atoms with Gasteiger partial charge in [-0.05, 0) is 38.1 Å². The maximum atomic E-state index is 13.5. The van der Waals surface area contributed by atoms with Crippen LogP contribution in [0.1, 0.15) is 55.4 Å². The maximum Gasteiger partial charge on any atom is 0.352 e. The number of aromatic nitrogens is 1. The molecule has 8 heteroatoms. The quantitative estimate of drug-likeness (QED) is 0.280. The highest BCUT2D eigenvalue weighted by Gasteiger charge is 2.40. The Kier molecular flexibility index (Phi) is 6.23. The molecule has 0 aliphatic carbocycles. The summed E-state index contributed by atoms with van der Waals surface area (Å²) < 4.78 is 10.6. The number of amides is 2. The molecular weight excluding hydrogens is 472 g/mol. The summed E-state index contributed by atoms with van der Waals surface area (Å²) in [7, 11) is 0. The van der Waals surface area contributed by atoms with Crippen LogP contribution in [-0.2, 0) is 14.3 Å². The van der Waals surface area contributed by atoms with Crippen LogP contribution < -0.4 is 4.90 Å². The van der Waals surface area contributed by atoms with Gasteiger partial charge in [0.15, 0.2) is 0 Å². The molecule has 0 saturated carbocycles. The summed E-state index contributed by atoms with van der Waals surface area (Å²) in [5.41, 5.74) is 2.32. The largest absolute Gasteiger partial charge is 0.463 e. The number of carbonyl (C=O) groups excluding carboxylic acids is 4. The van der Waals surface area contributed by atoms with Gasteiger partial charge >= 0.3 is 11.9 Å². The minimum Gasteiger partial charge on any atom is -0.463 e. The van der Waals surface area contributed by atoms with Crippen molar-refractivity contribution in [3.05, 3.63) is 107 Å². The molecule has 37 heavy (non-hydrogen) atoms. The molecule has 0 bridgehead atoms. The molecule has 2 amide bonds. The van der Waals surface area contributed by atoms with Gasteiger partial charge in [-0.2, -0.15) is 0 Å². The summed E-state index contributed by atoms with van der Waals surface area (Å²) in [5, 5.41) is 0.583. The lowest BCUT2D eigenvalue weighted by Gasteiger charge is -2.18. The third kappa shape index (κ3) is 4.23. The summed E-state index contributed by atoms with van der Waals surface area (Å²) >= 11 is 0. The standard InChI is InChI=1S/C29H22N2O6/c1-3-36-29(35)25(18-10-5-4-6-11-18)37-28(34)19-12-9-13-20(16-19)31-26(32)23-17(2)30-22-15-8-7-14-21(22)24(23)27(31)33/h4-16,25H,3H2,1-2H3/t25-/m1/s1. The smallest absolute Gasteiger partial charge is 0.352 e. The predicted octanol–water partition coefficient (Wildman–Crippen LogP) is 4.81. The number of benzene rings is 3. The van der Waals surface area contributed by atoms with Gasteiger partial charge in [0.25, 0.3) is 11.8 Å². The second kappa shape index (κ2) is 9.66. The Labute approximate surface area is 212 Å². The number of pyridine rings is 1. The first-order valence-electron chi connectivity index (χ1n) is 11.7.